The lowest BCUT2D eigenvalue weighted by Gasteiger charge is -2.36. The van der Waals surface area contributed by atoms with Gasteiger partial charge >= 0.3 is 6.09 Å². The highest BCUT2D eigenvalue weighted by Crippen LogP contribution is 2.54. The van der Waals surface area contributed by atoms with Crippen molar-refractivity contribution in [2.24, 2.45) is 11.3 Å². The minimum atomic E-state index is -0.429. The van der Waals surface area contributed by atoms with E-state index in [4.69, 9.17) is 4.74 Å². The van der Waals surface area contributed by atoms with Crippen molar-refractivity contribution in [1.82, 2.24) is 4.90 Å². The number of carbonyl (C=O) groups is 1. The zero-order valence-electron chi connectivity index (χ0n) is 13.3. The van der Waals surface area contributed by atoms with Crippen LogP contribution in [0.15, 0.2) is 0 Å². The number of hydrogen-bond acceptors (Lipinski definition) is 3. The van der Waals surface area contributed by atoms with Crippen molar-refractivity contribution >= 4 is 6.09 Å². The Balaban J connectivity index is 1.87. The number of nitrogens with zero attached hydrogens (tertiary/aromatic N) is 1. The first-order valence-corrected chi connectivity index (χ1v) is 7.88. The van der Waals surface area contributed by atoms with Crippen LogP contribution in [0.3, 0.4) is 0 Å². The Morgan fingerprint density at radius 1 is 1.45 bits per heavy atom. The van der Waals surface area contributed by atoms with E-state index in [-0.39, 0.29) is 17.6 Å². The van der Waals surface area contributed by atoms with Crippen LogP contribution in [0.5, 0.6) is 0 Å². The molecule has 2 unspecified atom stereocenters. The minimum Gasteiger partial charge on any atom is -0.444 e. The molecule has 0 aromatic carbocycles. The van der Waals surface area contributed by atoms with Crippen molar-refractivity contribution in [1.29, 1.82) is 0 Å². The second-order valence-corrected chi connectivity index (χ2v) is 7.68. The molecule has 2 rings (SSSR count). The van der Waals surface area contributed by atoms with E-state index >= 15 is 0 Å². The molecule has 1 heterocycles. The summed E-state index contributed by atoms with van der Waals surface area (Å²) < 4.78 is 5.46. The van der Waals surface area contributed by atoms with Crippen molar-refractivity contribution in [3.05, 3.63) is 0 Å². The number of hydrogen-bond donors (Lipinski definition) is 1. The van der Waals surface area contributed by atoms with Crippen molar-refractivity contribution in [2.45, 2.75) is 71.5 Å². The van der Waals surface area contributed by atoms with Crippen LogP contribution in [0.1, 0.15) is 59.8 Å². The largest absolute Gasteiger partial charge is 0.444 e. The van der Waals surface area contributed by atoms with Crippen LogP contribution in [0.25, 0.3) is 0 Å². The van der Waals surface area contributed by atoms with Crippen molar-refractivity contribution in [2.75, 3.05) is 13.1 Å². The molecule has 0 radical (unpaired) electrons. The van der Waals surface area contributed by atoms with E-state index in [2.05, 4.69) is 0 Å². The highest BCUT2D eigenvalue weighted by atomic mass is 16.6. The monoisotopic (exact) mass is 283 g/mol. The summed E-state index contributed by atoms with van der Waals surface area (Å²) >= 11 is 0. The Morgan fingerprint density at radius 2 is 2.10 bits per heavy atom. The van der Waals surface area contributed by atoms with Gasteiger partial charge in [-0.1, -0.05) is 0 Å². The molecular weight excluding hydrogens is 254 g/mol. The van der Waals surface area contributed by atoms with Crippen LogP contribution < -0.4 is 0 Å². The molecule has 2 aliphatic rings. The smallest absolute Gasteiger partial charge is 0.410 e. The van der Waals surface area contributed by atoms with E-state index in [1.807, 2.05) is 32.6 Å². The molecule has 0 aromatic heterocycles. The fraction of sp³-hybridized carbons (Fsp3) is 0.938. The first-order chi connectivity index (χ1) is 9.22. The van der Waals surface area contributed by atoms with Gasteiger partial charge in [0, 0.05) is 13.1 Å². The number of amides is 1. The van der Waals surface area contributed by atoms with Crippen LogP contribution in [-0.4, -0.2) is 40.9 Å². The van der Waals surface area contributed by atoms with Crippen molar-refractivity contribution < 1.29 is 14.6 Å². The summed E-state index contributed by atoms with van der Waals surface area (Å²) in [5.41, 5.74) is -0.289. The molecule has 1 aliphatic carbocycles. The first kappa shape index (κ1) is 15.6. The molecular formula is C16H29NO3. The summed E-state index contributed by atoms with van der Waals surface area (Å²) in [7, 11) is 0. The highest BCUT2D eigenvalue weighted by molar-refractivity contribution is 5.68. The van der Waals surface area contributed by atoms with Gasteiger partial charge in [0.15, 0.2) is 0 Å². The molecule has 0 aromatic rings. The standard InChI is InChI=1S/C16H29NO3/c1-12(18)16(7-8-16)10-13-6-5-9-17(11-13)14(19)20-15(2,3)4/h12-13,18H,5-11H2,1-4H3. The molecule has 1 N–H and O–H groups in total. The molecule has 116 valence electrons. The molecule has 1 aliphatic heterocycles. The number of aliphatic hydroxyl groups is 1. The van der Waals surface area contributed by atoms with Crippen LogP contribution in [0, 0.1) is 11.3 Å². The molecule has 4 nitrogen and oxygen atoms in total. The highest BCUT2D eigenvalue weighted by Gasteiger charge is 2.48. The third-order valence-corrected chi connectivity index (χ3v) is 4.64. The van der Waals surface area contributed by atoms with E-state index < -0.39 is 5.60 Å². The lowest BCUT2D eigenvalue weighted by Crippen LogP contribution is -2.43. The predicted molar refractivity (Wildman–Crippen MR) is 78.5 cm³/mol. The summed E-state index contributed by atoms with van der Waals surface area (Å²) in [6.45, 7) is 9.19. The van der Waals surface area contributed by atoms with Gasteiger partial charge in [0.25, 0.3) is 0 Å². The van der Waals surface area contributed by atoms with Gasteiger partial charge in [-0.05, 0) is 71.1 Å². The molecule has 1 saturated carbocycles. The third kappa shape index (κ3) is 3.87. The van der Waals surface area contributed by atoms with Gasteiger partial charge in [-0.3, -0.25) is 0 Å². The molecule has 4 heteroatoms. The zero-order chi connectivity index (χ0) is 15.0. The van der Waals surface area contributed by atoms with Gasteiger partial charge in [0.2, 0.25) is 0 Å². The maximum Gasteiger partial charge on any atom is 0.410 e. The zero-order valence-corrected chi connectivity index (χ0v) is 13.3. The van der Waals surface area contributed by atoms with Crippen LogP contribution in [0.4, 0.5) is 4.79 Å². The van der Waals surface area contributed by atoms with Gasteiger partial charge in [0.1, 0.15) is 5.60 Å². The van der Waals surface area contributed by atoms with Crippen LogP contribution in [0.2, 0.25) is 0 Å². The Morgan fingerprint density at radius 3 is 2.60 bits per heavy atom. The van der Waals surface area contributed by atoms with Gasteiger partial charge in [-0.15, -0.1) is 0 Å². The number of aliphatic hydroxyl groups excluding tert-OH is 1. The summed E-state index contributed by atoms with van der Waals surface area (Å²) in [5, 5.41) is 9.90. The van der Waals surface area contributed by atoms with E-state index in [1.165, 1.54) is 0 Å². The Bertz CT molecular complexity index is 355. The topological polar surface area (TPSA) is 49.8 Å². The van der Waals surface area contributed by atoms with Crippen LogP contribution in [-0.2, 0) is 4.74 Å². The van der Waals surface area contributed by atoms with Gasteiger partial charge in [-0.25, -0.2) is 4.79 Å². The maximum atomic E-state index is 12.1. The van der Waals surface area contributed by atoms with Gasteiger partial charge in [-0.2, -0.15) is 0 Å². The SMILES string of the molecule is CC(O)C1(CC2CCCN(C(=O)OC(C)(C)C)C2)CC1. The molecule has 0 spiro atoms. The number of rotatable bonds is 3. The van der Waals surface area contributed by atoms with Crippen molar-refractivity contribution in [3.8, 4) is 0 Å². The molecule has 1 saturated heterocycles. The first-order valence-electron chi connectivity index (χ1n) is 7.88. The third-order valence-electron chi connectivity index (χ3n) is 4.64. The minimum absolute atomic E-state index is 0.140. The average Bonchev–Trinajstić information content (AvgIpc) is 3.08. The van der Waals surface area contributed by atoms with E-state index in [1.54, 1.807) is 0 Å². The summed E-state index contributed by atoms with van der Waals surface area (Å²) in [6, 6.07) is 0. The fourth-order valence-electron chi connectivity index (χ4n) is 3.25. The number of likely N-dealkylation sites (tertiary alicyclic amines) is 1. The van der Waals surface area contributed by atoms with Gasteiger partial charge in [0.05, 0.1) is 6.10 Å². The maximum absolute atomic E-state index is 12.1. The second kappa shape index (κ2) is 5.55. The molecule has 2 fully saturated rings. The van der Waals surface area contributed by atoms with E-state index in [0.717, 1.165) is 45.2 Å². The summed E-state index contributed by atoms with van der Waals surface area (Å²) in [4.78, 5) is 14.0. The molecule has 2 atom stereocenters. The Hall–Kier alpha value is -0.770. The lowest BCUT2D eigenvalue weighted by molar-refractivity contribution is 0.0121. The quantitative estimate of drug-likeness (QED) is 0.865. The molecule has 20 heavy (non-hydrogen) atoms. The second-order valence-electron chi connectivity index (χ2n) is 7.68. The van der Waals surface area contributed by atoms with Gasteiger partial charge < -0.3 is 14.7 Å². The number of carbonyl (C=O) groups excluding carboxylic acids is 1. The van der Waals surface area contributed by atoms with E-state index in [0.29, 0.717) is 5.92 Å². The summed E-state index contributed by atoms with van der Waals surface area (Å²) in [6.07, 6.45) is 5.10. The normalized spacial score (nSPS) is 27.1. The Kier molecular flexibility index (Phi) is 4.33. The van der Waals surface area contributed by atoms with Crippen LogP contribution >= 0.6 is 0 Å². The molecule has 0 bridgehead atoms. The fourth-order valence-corrected chi connectivity index (χ4v) is 3.25. The predicted octanol–water partition coefficient (Wildman–Crippen LogP) is 3.18. The number of piperidine rings is 1. The Labute approximate surface area is 122 Å². The molecule has 1 amide bonds. The van der Waals surface area contributed by atoms with E-state index in [9.17, 15) is 9.90 Å². The number of ether oxygens (including phenoxy) is 1. The summed E-state index contributed by atoms with van der Waals surface area (Å²) in [5.74, 6) is 0.508. The lowest BCUT2D eigenvalue weighted by atomic mass is 9.84. The average molecular weight is 283 g/mol. The van der Waals surface area contributed by atoms with Crippen molar-refractivity contribution in [3.63, 3.8) is 0 Å².